The molecule has 1 saturated heterocycles. The third kappa shape index (κ3) is 3.39. The van der Waals surface area contributed by atoms with Gasteiger partial charge in [0.15, 0.2) is 0 Å². The van der Waals surface area contributed by atoms with Gasteiger partial charge >= 0.3 is 0 Å². The zero-order valence-electron chi connectivity index (χ0n) is 11.9. The van der Waals surface area contributed by atoms with Crippen LogP contribution in [0.5, 0.6) is 0 Å². The molecule has 20 heavy (non-hydrogen) atoms. The molecule has 2 heterocycles. The van der Waals surface area contributed by atoms with Gasteiger partial charge in [-0.3, -0.25) is 4.79 Å². The smallest absolute Gasteiger partial charge is 0.283 e. The van der Waals surface area contributed by atoms with Gasteiger partial charge in [-0.1, -0.05) is 0 Å². The molecular formula is C13H21BrN4O2. The number of methoxy groups -OCH3 is 1. The molecule has 0 aliphatic carbocycles. The summed E-state index contributed by atoms with van der Waals surface area (Å²) in [6.45, 7) is 2.82. The fraction of sp³-hybridized carbons (Fsp3) is 0.692. The molecule has 2 rings (SSSR count). The molecule has 0 amide bonds. The van der Waals surface area contributed by atoms with Crippen LogP contribution in [0.1, 0.15) is 12.8 Å². The Balaban J connectivity index is 2.13. The zero-order chi connectivity index (χ0) is 14.5. The average Bonchev–Trinajstić information content (AvgIpc) is 2.49. The van der Waals surface area contributed by atoms with Gasteiger partial charge in [-0.15, -0.1) is 0 Å². The Morgan fingerprint density at radius 3 is 2.80 bits per heavy atom. The molecule has 0 radical (unpaired) electrons. The first-order valence-electron chi connectivity index (χ1n) is 6.84. The van der Waals surface area contributed by atoms with Crippen LogP contribution in [0, 0.1) is 0 Å². The van der Waals surface area contributed by atoms with Gasteiger partial charge in [0.25, 0.3) is 5.56 Å². The Kier molecular flexibility index (Phi) is 5.56. The maximum absolute atomic E-state index is 12.2. The van der Waals surface area contributed by atoms with Crippen molar-refractivity contribution in [2.75, 3.05) is 38.8 Å². The molecule has 7 heteroatoms. The van der Waals surface area contributed by atoms with Crippen molar-refractivity contribution < 1.29 is 4.74 Å². The highest BCUT2D eigenvalue weighted by atomic mass is 79.9. The number of aromatic nitrogens is 2. The maximum Gasteiger partial charge on any atom is 0.283 e. The number of halogens is 1. The Morgan fingerprint density at radius 1 is 1.50 bits per heavy atom. The highest BCUT2D eigenvalue weighted by molar-refractivity contribution is 9.10. The van der Waals surface area contributed by atoms with Crippen LogP contribution in [0.2, 0.25) is 0 Å². The van der Waals surface area contributed by atoms with E-state index < -0.39 is 0 Å². The number of hydrogen-bond acceptors (Lipinski definition) is 5. The van der Waals surface area contributed by atoms with Crippen LogP contribution >= 0.6 is 15.9 Å². The van der Waals surface area contributed by atoms with Crippen LogP contribution < -0.4 is 15.8 Å². The summed E-state index contributed by atoms with van der Waals surface area (Å²) in [4.78, 5) is 14.4. The molecule has 1 fully saturated rings. The molecular weight excluding hydrogens is 324 g/mol. The number of anilines is 1. The van der Waals surface area contributed by atoms with E-state index in [2.05, 4.69) is 31.2 Å². The topological polar surface area (TPSA) is 59.4 Å². The second-order valence-electron chi connectivity index (χ2n) is 4.91. The molecule has 0 atom stereocenters. The van der Waals surface area contributed by atoms with Gasteiger partial charge in [0.05, 0.1) is 25.0 Å². The largest absolute Gasteiger partial charge is 0.383 e. The molecule has 112 valence electrons. The van der Waals surface area contributed by atoms with Crippen molar-refractivity contribution in [3.05, 3.63) is 21.0 Å². The van der Waals surface area contributed by atoms with Crippen LogP contribution in [0.25, 0.3) is 0 Å². The molecule has 1 aliphatic rings. The lowest BCUT2D eigenvalue weighted by atomic mass is 10.1. The van der Waals surface area contributed by atoms with E-state index in [1.807, 2.05) is 7.05 Å². The lowest BCUT2D eigenvalue weighted by Crippen LogP contribution is -2.42. The Labute approximate surface area is 127 Å². The lowest BCUT2D eigenvalue weighted by molar-refractivity contribution is 0.181. The molecule has 0 spiro atoms. The fourth-order valence-electron chi connectivity index (χ4n) is 2.42. The highest BCUT2D eigenvalue weighted by Gasteiger charge is 2.21. The molecule has 1 aromatic heterocycles. The fourth-order valence-corrected chi connectivity index (χ4v) is 2.98. The molecule has 0 unspecified atom stereocenters. The van der Waals surface area contributed by atoms with Crippen molar-refractivity contribution in [3.8, 4) is 0 Å². The summed E-state index contributed by atoms with van der Waals surface area (Å²) in [5.41, 5.74) is 0.786. The van der Waals surface area contributed by atoms with Gasteiger partial charge in [-0.2, -0.15) is 5.10 Å². The lowest BCUT2D eigenvalue weighted by Gasteiger charge is -2.33. The van der Waals surface area contributed by atoms with Crippen LogP contribution in [0.15, 0.2) is 15.5 Å². The standard InChI is InChI=1S/C13H21BrN4O2/c1-15-10-3-5-17(6-4-10)11-9-16-18(7-8-20-2)13(19)12(11)14/h9-10,15H,3-8H2,1-2H3. The molecule has 1 aromatic rings. The van der Waals surface area contributed by atoms with Gasteiger partial charge < -0.3 is 15.0 Å². The van der Waals surface area contributed by atoms with Gasteiger partial charge in [0, 0.05) is 26.2 Å². The minimum absolute atomic E-state index is 0.102. The quantitative estimate of drug-likeness (QED) is 0.857. The minimum Gasteiger partial charge on any atom is -0.383 e. The van der Waals surface area contributed by atoms with Crippen molar-refractivity contribution in [1.29, 1.82) is 0 Å². The SMILES string of the molecule is CNC1CCN(c2cnn(CCOC)c(=O)c2Br)CC1. The summed E-state index contributed by atoms with van der Waals surface area (Å²) in [5, 5.41) is 7.53. The summed E-state index contributed by atoms with van der Waals surface area (Å²) >= 11 is 3.42. The zero-order valence-corrected chi connectivity index (χ0v) is 13.5. The second kappa shape index (κ2) is 7.19. The first-order valence-corrected chi connectivity index (χ1v) is 7.63. The van der Waals surface area contributed by atoms with Gasteiger partial charge in [0.2, 0.25) is 0 Å². The van der Waals surface area contributed by atoms with E-state index in [4.69, 9.17) is 4.74 Å². The Morgan fingerprint density at radius 2 is 2.20 bits per heavy atom. The Hall–Kier alpha value is -0.920. The first-order chi connectivity index (χ1) is 9.67. The van der Waals surface area contributed by atoms with Crippen molar-refractivity contribution in [3.63, 3.8) is 0 Å². The molecule has 0 aromatic carbocycles. The second-order valence-corrected chi connectivity index (χ2v) is 5.71. The number of nitrogens with one attached hydrogen (secondary N) is 1. The van der Waals surface area contributed by atoms with Crippen molar-refractivity contribution in [2.45, 2.75) is 25.4 Å². The summed E-state index contributed by atoms with van der Waals surface area (Å²) in [6.07, 6.45) is 3.92. The summed E-state index contributed by atoms with van der Waals surface area (Å²) in [6, 6.07) is 0.569. The molecule has 0 saturated carbocycles. The summed E-state index contributed by atoms with van der Waals surface area (Å²) in [5.74, 6) is 0. The number of ether oxygens (including phenoxy) is 1. The van der Waals surface area contributed by atoms with E-state index in [-0.39, 0.29) is 5.56 Å². The normalized spacial score (nSPS) is 16.6. The van der Waals surface area contributed by atoms with Crippen LogP contribution in [0.3, 0.4) is 0 Å². The molecule has 0 bridgehead atoms. The summed E-state index contributed by atoms with van der Waals surface area (Å²) in [7, 11) is 3.61. The van der Waals surface area contributed by atoms with Crippen molar-refractivity contribution in [2.24, 2.45) is 0 Å². The van der Waals surface area contributed by atoms with E-state index >= 15 is 0 Å². The van der Waals surface area contributed by atoms with Gasteiger partial charge in [0.1, 0.15) is 4.47 Å². The van der Waals surface area contributed by atoms with Crippen molar-refractivity contribution in [1.82, 2.24) is 15.1 Å². The van der Waals surface area contributed by atoms with Crippen molar-refractivity contribution >= 4 is 21.6 Å². The van der Waals surface area contributed by atoms with E-state index in [1.54, 1.807) is 13.3 Å². The van der Waals surface area contributed by atoms with E-state index in [0.717, 1.165) is 31.6 Å². The van der Waals surface area contributed by atoms with Gasteiger partial charge in [-0.05, 0) is 35.8 Å². The summed E-state index contributed by atoms with van der Waals surface area (Å²) < 4.78 is 7.00. The number of rotatable bonds is 5. The average molecular weight is 345 g/mol. The van der Waals surface area contributed by atoms with Crippen LogP contribution in [-0.2, 0) is 11.3 Å². The van der Waals surface area contributed by atoms with E-state index in [0.29, 0.717) is 23.7 Å². The molecule has 1 aliphatic heterocycles. The monoisotopic (exact) mass is 344 g/mol. The number of piperidine rings is 1. The van der Waals surface area contributed by atoms with Gasteiger partial charge in [-0.25, -0.2) is 4.68 Å². The third-order valence-electron chi connectivity index (χ3n) is 3.72. The van der Waals surface area contributed by atoms with Crippen LogP contribution in [0.4, 0.5) is 5.69 Å². The van der Waals surface area contributed by atoms with E-state index in [1.165, 1.54) is 4.68 Å². The number of nitrogens with zero attached hydrogens (tertiary/aromatic N) is 3. The molecule has 6 nitrogen and oxygen atoms in total. The third-order valence-corrected chi connectivity index (χ3v) is 4.46. The minimum atomic E-state index is -0.102. The van der Waals surface area contributed by atoms with E-state index in [9.17, 15) is 4.79 Å². The number of hydrogen-bond donors (Lipinski definition) is 1. The Bertz CT molecular complexity index is 498. The highest BCUT2D eigenvalue weighted by Crippen LogP contribution is 2.24. The first kappa shape index (κ1) is 15.5. The van der Waals surface area contributed by atoms with Crippen LogP contribution in [-0.4, -0.2) is 49.7 Å². The molecule has 1 N–H and O–H groups in total. The predicted molar refractivity (Wildman–Crippen MR) is 82.4 cm³/mol. The predicted octanol–water partition coefficient (Wildman–Crippen LogP) is 0.840. The maximum atomic E-state index is 12.2.